The second-order valence-corrected chi connectivity index (χ2v) is 9.46. The summed E-state index contributed by atoms with van der Waals surface area (Å²) in [5.74, 6) is -0.129. The van der Waals surface area contributed by atoms with Gasteiger partial charge < -0.3 is 15.5 Å². The predicted octanol–water partition coefficient (Wildman–Crippen LogP) is 7.39. The lowest BCUT2D eigenvalue weighted by Crippen LogP contribution is -2.45. The van der Waals surface area contributed by atoms with E-state index in [9.17, 15) is 15.0 Å². The van der Waals surface area contributed by atoms with Crippen LogP contribution in [0.4, 0.5) is 0 Å². The molecule has 1 amide bonds. The molecule has 33 heavy (non-hydrogen) atoms. The van der Waals surface area contributed by atoms with E-state index in [0.29, 0.717) is 6.42 Å². The van der Waals surface area contributed by atoms with Crippen molar-refractivity contribution in [3.63, 3.8) is 0 Å². The minimum atomic E-state index is -0.852. The fourth-order valence-electron chi connectivity index (χ4n) is 4.00. The summed E-state index contributed by atoms with van der Waals surface area (Å²) < 4.78 is 0. The first-order valence-electron chi connectivity index (χ1n) is 14.1. The molecule has 0 aliphatic rings. The van der Waals surface area contributed by atoms with Gasteiger partial charge in [0.25, 0.3) is 0 Å². The van der Waals surface area contributed by atoms with Crippen molar-refractivity contribution in [3.8, 4) is 0 Å². The van der Waals surface area contributed by atoms with E-state index in [1.165, 1.54) is 89.9 Å². The van der Waals surface area contributed by atoms with Crippen LogP contribution >= 0.6 is 0 Å². The number of rotatable bonds is 24. The number of aliphatic hydroxyl groups excluding tert-OH is 2. The van der Waals surface area contributed by atoms with Gasteiger partial charge in [-0.25, -0.2) is 0 Å². The van der Waals surface area contributed by atoms with Gasteiger partial charge in [-0.3, -0.25) is 4.79 Å². The minimum absolute atomic E-state index is 0.129. The normalized spacial score (nSPS) is 13.7. The van der Waals surface area contributed by atoms with Crippen LogP contribution in [0, 0.1) is 0 Å². The standard InChI is InChI=1S/C29H55NO3/c1-3-5-6-7-8-9-10-11-12-13-14-15-16-17-18-19-20-21-22-23-25-28(32)27(26-31)30-29(33)24-4-2/h19-20,23,25,27-28,31-32H,3-18,21-22,24,26H2,1-2H3,(H,30,33)/b20-19+,25-23+. The summed E-state index contributed by atoms with van der Waals surface area (Å²) in [5, 5.41) is 22.1. The fourth-order valence-corrected chi connectivity index (χ4v) is 4.00. The maximum absolute atomic E-state index is 11.6. The molecule has 0 rings (SSSR count). The van der Waals surface area contributed by atoms with Crippen LogP contribution in [0.5, 0.6) is 0 Å². The molecule has 0 aromatic rings. The van der Waals surface area contributed by atoms with Gasteiger partial charge in [-0.2, -0.15) is 0 Å². The van der Waals surface area contributed by atoms with Crippen molar-refractivity contribution in [2.24, 2.45) is 0 Å². The number of hydrogen-bond donors (Lipinski definition) is 3. The third kappa shape index (κ3) is 22.4. The van der Waals surface area contributed by atoms with Crippen LogP contribution in [-0.2, 0) is 4.79 Å². The summed E-state index contributed by atoms with van der Waals surface area (Å²) >= 11 is 0. The number of carbonyl (C=O) groups excluding carboxylic acids is 1. The molecule has 0 aromatic carbocycles. The third-order valence-electron chi connectivity index (χ3n) is 6.16. The van der Waals surface area contributed by atoms with Gasteiger partial charge in [0.2, 0.25) is 5.91 Å². The lowest BCUT2D eigenvalue weighted by Gasteiger charge is -2.19. The molecule has 194 valence electrons. The molecule has 4 nitrogen and oxygen atoms in total. The molecule has 0 spiro atoms. The van der Waals surface area contributed by atoms with Crippen LogP contribution in [0.2, 0.25) is 0 Å². The molecule has 4 heteroatoms. The molecule has 3 N–H and O–H groups in total. The summed E-state index contributed by atoms with van der Waals surface area (Å²) in [5.41, 5.74) is 0. The zero-order chi connectivity index (χ0) is 24.4. The number of carbonyl (C=O) groups is 1. The van der Waals surface area contributed by atoms with E-state index >= 15 is 0 Å². The Hall–Kier alpha value is -1.13. The first-order valence-corrected chi connectivity index (χ1v) is 14.1. The van der Waals surface area contributed by atoms with Crippen LogP contribution < -0.4 is 5.32 Å². The average Bonchev–Trinajstić information content (AvgIpc) is 2.81. The number of aliphatic hydroxyl groups is 2. The first kappa shape index (κ1) is 31.9. The lowest BCUT2D eigenvalue weighted by molar-refractivity contribution is -0.122. The molecule has 0 bridgehead atoms. The van der Waals surface area contributed by atoms with Crippen molar-refractivity contribution < 1.29 is 15.0 Å². The molecule has 0 saturated carbocycles. The molecule has 0 heterocycles. The summed E-state index contributed by atoms with van der Waals surface area (Å²) in [6.07, 6.45) is 30.9. The second kappa shape index (κ2) is 25.5. The molecule has 0 aliphatic carbocycles. The van der Waals surface area contributed by atoms with Crippen LogP contribution in [-0.4, -0.2) is 34.9 Å². The van der Waals surface area contributed by atoms with E-state index < -0.39 is 12.1 Å². The number of amides is 1. The number of allylic oxidation sites excluding steroid dienone is 3. The zero-order valence-electron chi connectivity index (χ0n) is 21.9. The van der Waals surface area contributed by atoms with Gasteiger partial charge in [0.05, 0.1) is 18.8 Å². The van der Waals surface area contributed by atoms with E-state index in [-0.39, 0.29) is 12.5 Å². The monoisotopic (exact) mass is 465 g/mol. The maximum Gasteiger partial charge on any atom is 0.220 e. The smallest absolute Gasteiger partial charge is 0.220 e. The van der Waals surface area contributed by atoms with Crippen molar-refractivity contribution >= 4 is 5.91 Å². The van der Waals surface area contributed by atoms with Crippen LogP contribution in [0.15, 0.2) is 24.3 Å². The van der Waals surface area contributed by atoms with Gasteiger partial charge in [-0.05, 0) is 32.1 Å². The number of unbranched alkanes of at least 4 members (excludes halogenated alkanes) is 15. The van der Waals surface area contributed by atoms with Crippen LogP contribution in [0.25, 0.3) is 0 Å². The molecular weight excluding hydrogens is 410 g/mol. The first-order chi connectivity index (χ1) is 16.2. The van der Waals surface area contributed by atoms with E-state index in [2.05, 4.69) is 24.4 Å². The number of nitrogens with one attached hydrogen (secondary N) is 1. The molecule has 0 saturated heterocycles. The topological polar surface area (TPSA) is 69.6 Å². The Morgan fingerprint density at radius 2 is 1.18 bits per heavy atom. The Bertz CT molecular complexity index is 475. The Morgan fingerprint density at radius 1 is 0.697 bits per heavy atom. The van der Waals surface area contributed by atoms with Crippen molar-refractivity contribution in [1.29, 1.82) is 0 Å². The highest BCUT2D eigenvalue weighted by Crippen LogP contribution is 2.13. The molecular formula is C29H55NO3. The van der Waals surface area contributed by atoms with E-state index in [1.807, 2.05) is 13.0 Å². The highest BCUT2D eigenvalue weighted by Gasteiger charge is 2.17. The molecule has 0 aliphatic heterocycles. The highest BCUT2D eigenvalue weighted by molar-refractivity contribution is 5.76. The third-order valence-corrected chi connectivity index (χ3v) is 6.16. The molecule has 0 radical (unpaired) electrons. The lowest BCUT2D eigenvalue weighted by atomic mass is 10.0. The van der Waals surface area contributed by atoms with E-state index in [4.69, 9.17) is 0 Å². The quantitative estimate of drug-likeness (QED) is 0.103. The Balaban J connectivity index is 3.49. The Labute approximate surface area is 205 Å². The largest absolute Gasteiger partial charge is 0.394 e. The summed E-state index contributed by atoms with van der Waals surface area (Å²) in [4.78, 5) is 11.6. The van der Waals surface area contributed by atoms with E-state index in [1.54, 1.807) is 6.08 Å². The Morgan fingerprint density at radius 3 is 1.70 bits per heavy atom. The van der Waals surface area contributed by atoms with Gasteiger partial charge in [-0.15, -0.1) is 0 Å². The summed E-state index contributed by atoms with van der Waals surface area (Å²) in [6, 6.07) is -0.629. The van der Waals surface area contributed by atoms with Gasteiger partial charge in [0.15, 0.2) is 0 Å². The van der Waals surface area contributed by atoms with Crippen LogP contribution in [0.3, 0.4) is 0 Å². The molecule has 0 fully saturated rings. The van der Waals surface area contributed by atoms with Gasteiger partial charge in [0.1, 0.15) is 0 Å². The van der Waals surface area contributed by atoms with Crippen molar-refractivity contribution in [2.75, 3.05) is 6.61 Å². The van der Waals surface area contributed by atoms with Gasteiger partial charge in [0, 0.05) is 6.42 Å². The Kier molecular flexibility index (Phi) is 24.6. The zero-order valence-corrected chi connectivity index (χ0v) is 21.9. The highest BCUT2D eigenvalue weighted by atomic mass is 16.3. The average molecular weight is 466 g/mol. The predicted molar refractivity (Wildman–Crippen MR) is 142 cm³/mol. The van der Waals surface area contributed by atoms with Gasteiger partial charge >= 0.3 is 0 Å². The molecule has 2 unspecified atom stereocenters. The van der Waals surface area contributed by atoms with E-state index in [0.717, 1.165) is 25.7 Å². The summed E-state index contributed by atoms with van der Waals surface area (Å²) in [6.45, 7) is 3.94. The SMILES string of the molecule is CCCCCCCCCCCCCCCC/C=C/CC/C=C/C(O)C(CO)NC(=O)CCC. The maximum atomic E-state index is 11.6. The summed E-state index contributed by atoms with van der Waals surface area (Å²) in [7, 11) is 0. The fraction of sp³-hybridized carbons (Fsp3) is 0.828. The molecule has 0 aromatic heterocycles. The second-order valence-electron chi connectivity index (χ2n) is 9.46. The van der Waals surface area contributed by atoms with Crippen LogP contribution in [0.1, 0.15) is 136 Å². The van der Waals surface area contributed by atoms with Gasteiger partial charge in [-0.1, -0.05) is 122 Å². The van der Waals surface area contributed by atoms with Crippen molar-refractivity contribution in [2.45, 2.75) is 148 Å². The van der Waals surface area contributed by atoms with Crippen molar-refractivity contribution in [1.82, 2.24) is 5.32 Å². The number of hydrogen-bond acceptors (Lipinski definition) is 3. The minimum Gasteiger partial charge on any atom is -0.394 e. The van der Waals surface area contributed by atoms with Crippen molar-refractivity contribution in [3.05, 3.63) is 24.3 Å². The molecule has 2 atom stereocenters.